The Morgan fingerprint density at radius 1 is 1.12 bits per heavy atom. The van der Waals surface area contributed by atoms with Crippen molar-refractivity contribution in [3.8, 4) is 0 Å². The first-order chi connectivity index (χ1) is 7.91. The summed E-state index contributed by atoms with van der Waals surface area (Å²) in [4.78, 5) is 22.4. The number of methoxy groups -OCH3 is 2. The molecule has 2 unspecified atom stereocenters. The summed E-state index contributed by atoms with van der Waals surface area (Å²) in [5, 5.41) is 18.3. The number of rotatable bonds is 8. The smallest absolute Gasteiger partial charge is 0.335 e. The largest absolute Gasteiger partial charge is 0.481 e. The standard InChI is InChI=1S/C11H20O6/c1-5-11(6-2,10(14)15)8(17-4)7(16-3)9(12)13/h7-8H,5-6H2,1-4H3,(H,12,13)(H,14,15). The third-order valence-corrected chi connectivity index (χ3v) is 3.26. The molecule has 0 aliphatic rings. The van der Waals surface area contributed by atoms with E-state index in [0.29, 0.717) is 0 Å². The maximum absolute atomic E-state index is 11.4. The Kier molecular flexibility index (Phi) is 6.12. The van der Waals surface area contributed by atoms with Crippen LogP contribution in [0.4, 0.5) is 0 Å². The fourth-order valence-corrected chi connectivity index (χ4v) is 2.07. The van der Waals surface area contributed by atoms with Crippen molar-refractivity contribution in [2.45, 2.75) is 38.9 Å². The fourth-order valence-electron chi connectivity index (χ4n) is 2.07. The first kappa shape index (κ1) is 15.9. The molecule has 6 heteroatoms. The molecule has 0 aliphatic heterocycles. The van der Waals surface area contributed by atoms with Crippen molar-refractivity contribution in [1.82, 2.24) is 0 Å². The van der Waals surface area contributed by atoms with E-state index in [0.717, 1.165) is 0 Å². The topological polar surface area (TPSA) is 93.1 Å². The Morgan fingerprint density at radius 2 is 1.59 bits per heavy atom. The lowest BCUT2D eigenvalue weighted by molar-refractivity contribution is -0.180. The van der Waals surface area contributed by atoms with Crippen LogP contribution in [0.5, 0.6) is 0 Å². The molecule has 0 aromatic rings. The zero-order valence-electron chi connectivity index (χ0n) is 10.6. The molecule has 2 N–H and O–H groups in total. The minimum Gasteiger partial charge on any atom is -0.481 e. The highest BCUT2D eigenvalue weighted by Gasteiger charge is 2.49. The number of carboxylic acids is 2. The maximum atomic E-state index is 11.4. The van der Waals surface area contributed by atoms with E-state index in [1.165, 1.54) is 14.2 Å². The summed E-state index contributed by atoms with van der Waals surface area (Å²) < 4.78 is 9.92. The molecule has 2 atom stereocenters. The van der Waals surface area contributed by atoms with E-state index in [-0.39, 0.29) is 12.8 Å². The van der Waals surface area contributed by atoms with Crippen LogP contribution >= 0.6 is 0 Å². The summed E-state index contributed by atoms with van der Waals surface area (Å²) in [6, 6.07) is 0. The molecule has 0 aromatic heterocycles. The molecule has 0 rings (SSSR count). The normalized spacial score (nSPS) is 15.3. The van der Waals surface area contributed by atoms with Crippen LogP contribution in [0.1, 0.15) is 26.7 Å². The van der Waals surface area contributed by atoms with Gasteiger partial charge in [-0.1, -0.05) is 13.8 Å². The van der Waals surface area contributed by atoms with Crippen molar-refractivity contribution in [3.05, 3.63) is 0 Å². The van der Waals surface area contributed by atoms with Gasteiger partial charge >= 0.3 is 11.9 Å². The average Bonchev–Trinajstić information content (AvgIpc) is 2.28. The van der Waals surface area contributed by atoms with Crippen LogP contribution in [0, 0.1) is 5.41 Å². The summed E-state index contributed by atoms with van der Waals surface area (Å²) >= 11 is 0. The van der Waals surface area contributed by atoms with Crippen molar-refractivity contribution in [3.63, 3.8) is 0 Å². The van der Waals surface area contributed by atoms with Gasteiger partial charge in [0.15, 0.2) is 6.10 Å². The van der Waals surface area contributed by atoms with Gasteiger partial charge in [0.2, 0.25) is 0 Å². The van der Waals surface area contributed by atoms with E-state index in [1.54, 1.807) is 13.8 Å². The van der Waals surface area contributed by atoms with E-state index in [1.807, 2.05) is 0 Å². The highest BCUT2D eigenvalue weighted by molar-refractivity contribution is 5.79. The van der Waals surface area contributed by atoms with Gasteiger partial charge < -0.3 is 19.7 Å². The van der Waals surface area contributed by atoms with Crippen LogP contribution in [0.15, 0.2) is 0 Å². The molecule has 0 saturated heterocycles. The van der Waals surface area contributed by atoms with E-state index in [2.05, 4.69) is 0 Å². The Hall–Kier alpha value is -1.14. The van der Waals surface area contributed by atoms with Crippen molar-refractivity contribution < 1.29 is 29.3 Å². The second kappa shape index (κ2) is 6.56. The predicted molar refractivity (Wildman–Crippen MR) is 59.9 cm³/mol. The first-order valence-corrected chi connectivity index (χ1v) is 5.43. The Morgan fingerprint density at radius 3 is 1.76 bits per heavy atom. The van der Waals surface area contributed by atoms with Gasteiger partial charge in [-0.3, -0.25) is 4.79 Å². The van der Waals surface area contributed by atoms with Crippen LogP contribution in [-0.4, -0.2) is 48.6 Å². The molecule has 0 aliphatic carbocycles. The van der Waals surface area contributed by atoms with Gasteiger partial charge in [-0.25, -0.2) is 4.79 Å². The van der Waals surface area contributed by atoms with Gasteiger partial charge in [0.1, 0.15) is 6.10 Å². The summed E-state index contributed by atoms with van der Waals surface area (Å²) in [5.41, 5.74) is -1.26. The van der Waals surface area contributed by atoms with Crippen molar-refractivity contribution in [1.29, 1.82) is 0 Å². The SMILES string of the molecule is CCC(CC)(C(=O)O)C(OC)C(OC)C(=O)O. The summed E-state index contributed by atoms with van der Waals surface area (Å²) in [6.45, 7) is 3.39. The minimum absolute atomic E-state index is 0.268. The van der Waals surface area contributed by atoms with Crippen molar-refractivity contribution in [2.24, 2.45) is 5.41 Å². The molecule has 0 radical (unpaired) electrons. The van der Waals surface area contributed by atoms with Gasteiger partial charge in [-0.2, -0.15) is 0 Å². The predicted octanol–water partition coefficient (Wildman–Crippen LogP) is 0.992. The molecule has 6 nitrogen and oxygen atoms in total. The number of hydrogen-bond acceptors (Lipinski definition) is 4. The number of ether oxygens (including phenoxy) is 2. The van der Waals surface area contributed by atoms with E-state index < -0.39 is 29.6 Å². The lowest BCUT2D eigenvalue weighted by atomic mass is 9.74. The van der Waals surface area contributed by atoms with Crippen LogP contribution < -0.4 is 0 Å². The summed E-state index contributed by atoms with van der Waals surface area (Å²) in [7, 11) is 2.52. The maximum Gasteiger partial charge on any atom is 0.335 e. The molecule has 0 bridgehead atoms. The molecular weight excluding hydrogens is 228 g/mol. The fraction of sp³-hybridized carbons (Fsp3) is 0.818. The molecule has 0 fully saturated rings. The molecule has 17 heavy (non-hydrogen) atoms. The highest BCUT2D eigenvalue weighted by atomic mass is 16.5. The summed E-state index contributed by atoms with van der Waals surface area (Å²) in [6.07, 6.45) is -1.79. The number of carboxylic acid groups (broad SMARTS) is 2. The highest BCUT2D eigenvalue weighted by Crippen LogP contribution is 2.35. The zero-order valence-corrected chi connectivity index (χ0v) is 10.6. The third kappa shape index (κ3) is 2.95. The second-order valence-electron chi connectivity index (χ2n) is 3.82. The Balaban J connectivity index is 5.43. The molecular formula is C11H20O6. The quantitative estimate of drug-likeness (QED) is 0.665. The number of aliphatic carboxylic acids is 2. The van der Waals surface area contributed by atoms with Gasteiger partial charge in [-0.15, -0.1) is 0 Å². The minimum atomic E-state index is -1.30. The first-order valence-electron chi connectivity index (χ1n) is 5.43. The van der Waals surface area contributed by atoms with E-state index >= 15 is 0 Å². The molecule has 0 saturated carbocycles. The average molecular weight is 248 g/mol. The van der Waals surface area contributed by atoms with Crippen LogP contribution in [0.25, 0.3) is 0 Å². The second-order valence-corrected chi connectivity index (χ2v) is 3.82. The molecule has 0 heterocycles. The van der Waals surface area contributed by atoms with E-state index in [4.69, 9.17) is 14.6 Å². The van der Waals surface area contributed by atoms with Gasteiger partial charge in [-0.05, 0) is 12.8 Å². The Labute approximate surface area is 101 Å². The van der Waals surface area contributed by atoms with Gasteiger partial charge in [0, 0.05) is 14.2 Å². The van der Waals surface area contributed by atoms with Crippen molar-refractivity contribution >= 4 is 11.9 Å². The molecule has 0 spiro atoms. The van der Waals surface area contributed by atoms with Crippen LogP contribution in [0.2, 0.25) is 0 Å². The lowest BCUT2D eigenvalue weighted by Gasteiger charge is -2.37. The summed E-state index contributed by atoms with van der Waals surface area (Å²) in [5.74, 6) is -2.30. The molecule has 100 valence electrons. The Bertz CT molecular complexity index is 271. The zero-order chi connectivity index (χ0) is 13.6. The molecule has 0 amide bonds. The van der Waals surface area contributed by atoms with Crippen LogP contribution in [-0.2, 0) is 19.1 Å². The van der Waals surface area contributed by atoms with Crippen LogP contribution in [0.3, 0.4) is 0 Å². The lowest BCUT2D eigenvalue weighted by Crippen LogP contribution is -2.52. The third-order valence-electron chi connectivity index (χ3n) is 3.26. The van der Waals surface area contributed by atoms with Gasteiger partial charge in [0.25, 0.3) is 0 Å². The molecule has 0 aromatic carbocycles. The van der Waals surface area contributed by atoms with Gasteiger partial charge in [0.05, 0.1) is 5.41 Å². The monoisotopic (exact) mass is 248 g/mol. The number of carbonyl (C=O) groups is 2. The van der Waals surface area contributed by atoms with E-state index in [9.17, 15) is 14.7 Å². The van der Waals surface area contributed by atoms with Crippen molar-refractivity contribution in [2.75, 3.05) is 14.2 Å². The number of hydrogen-bond donors (Lipinski definition) is 2.